The molecule has 1 N–H and O–H groups in total. The number of hydrogen-bond donors (Lipinski definition) is 1. The predicted octanol–water partition coefficient (Wildman–Crippen LogP) is 7.29. The minimum absolute atomic E-state index is 0.0755. The molecule has 2 aromatic rings. The Morgan fingerprint density at radius 2 is 1.87 bits per heavy atom. The second-order valence-electron chi connectivity index (χ2n) is 7.82. The fraction of sp³-hybridized carbons (Fsp3) is 0.464. The fourth-order valence-electron chi connectivity index (χ4n) is 3.43. The van der Waals surface area contributed by atoms with Crippen LogP contribution in [0.25, 0.3) is 10.9 Å². The van der Waals surface area contributed by atoms with Gasteiger partial charge in [0, 0.05) is 36.4 Å². The van der Waals surface area contributed by atoms with Crippen molar-refractivity contribution in [2.75, 3.05) is 6.61 Å². The monoisotopic (exact) mass is 419 g/mol. The number of fused-ring (bicyclic) bond motifs is 1. The average molecular weight is 420 g/mol. The first-order valence-electron chi connectivity index (χ1n) is 11.8. The zero-order valence-electron chi connectivity index (χ0n) is 19.0. The van der Waals surface area contributed by atoms with Crippen LogP contribution in [0.4, 0.5) is 0 Å². The molecule has 0 aliphatic carbocycles. The smallest absolute Gasteiger partial charge is 0.305 e. The van der Waals surface area contributed by atoms with Crippen LogP contribution >= 0.6 is 0 Å². The summed E-state index contributed by atoms with van der Waals surface area (Å²) >= 11 is 0. The van der Waals surface area contributed by atoms with Crippen molar-refractivity contribution >= 4 is 16.9 Å². The number of benzene rings is 1. The quantitative estimate of drug-likeness (QED) is 0.151. The van der Waals surface area contributed by atoms with Crippen LogP contribution < -0.4 is 0 Å². The van der Waals surface area contributed by atoms with Crippen molar-refractivity contribution in [2.24, 2.45) is 0 Å². The summed E-state index contributed by atoms with van der Waals surface area (Å²) < 4.78 is 5.41. The van der Waals surface area contributed by atoms with Crippen molar-refractivity contribution in [2.45, 2.75) is 77.6 Å². The summed E-state index contributed by atoms with van der Waals surface area (Å²) in [4.78, 5) is 15.2. The Bertz CT molecular complexity index is 879. The SMILES string of the molecule is CCCC=CC#CCC=CCCCCCCCC(=O)OCCc1c[nH]c2ccccc12. The summed E-state index contributed by atoms with van der Waals surface area (Å²) in [6.45, 7) is 2.62. The number of allylic oxidation sites excluding steroid dienone is 4. The van der Waals surface area contributed by atoms with Gasteiger partial charge in [-0.3, -0.25) is 4.79 Å². The number of hydrogen-bond acceptors (Lipinski definition) is 2. The normalized spacial score (nSPS) is 11.3. The summed E-state index contributed by atoms with van der Waals surface area (Å²) in [5, 5.41) is 1.21. The van der Waals surface area contributed by atoms with Crippen molar-refractivity contribution < 1.29 is 9.53 Å². The maximum absolute atomic E-state index is 11.9. The van der Waals surface area contributed by atoms with Crippen LogP contribution in [0.3, 0.4) is 0 Å². The minimum Gasteiger partial charge on any atom is -0.465 e. The molecule has 0 radical (unpaired) electrons. The van der Waals surface area contributed by atoms with Crippen LogP contribution in [-0.4, -0.2) is 17.6 Å². The molecule has 3 heteroatoms. The number of para-hydroxylation sites is 1. The highest BCUT2D eigenvalue weighted by molar-refractivity contribution is 5.83. The maximum atomic E-state index is 11.9. The molecule has 2 rings (SSSR count). The number of nitrogens with one attached hydrogen (secondary N) is 1. The molecule has 0 spiro atoms. The van der Waals surface area contributed by atoms with Crippen molar-refractivity contribution in [1.29, 1.82) is 0 Å². The third-order valence-electron chi connectivity index (χ3n) is 5.21. The van der Waals surface area contributed by atoms with Gasteiger partial charge < -0.3 is 9.72 Å². The third kappa shape index (κ3) is 10.7. The third-order valence-corrected chi connectivity index (χ3v) is 5.21. The Hall–Kier alpha value is -2.73. The van der Waals surface area contributed by atoms with Gasteiger partial charge in [-0.05, 0) is 43.4 Å². The van der Waals surface area contributed by atoms with Crippen LogP contribution in [-0.2, 0) is 16.0 Å². The highest BCUT2D eigenvalue weighted by atomic mass is 16.5. The molecule has 0 amide bonds. The second kappa shape index (κ2) is 16.0. The lowest BCUT2D eigenvalue weighted by Crippen LogP contribution is -2.07. The molecule has 1 heterocycles. The summed E-state index contributed by atoms with van der Waals surface area (Å²) in [6.07, 6.45) is 21.6. The first kappa shape index (κ1) is 24.5. The fourth-order valence-corrected chi connectivity index (χ4v) is 3.43. The topological polar surface area (TPSA) is 42.1 Å². The lowest BCUT2D eigenvalue weighted by atomic mass is 10.1. The molecular formula is C28H37NO2. The largest absolute Gasteiger partial charge is 0.465 e. The number of ether oxygens (including phenoxy) is 1. The summed E-state index contributed by atoms with van der Waals surface area (Å²) in [5.41, 5.74) is 2.33. The van der Waals surface area contributed by atoms with Crippen LogP contribution in [0.5, 0.6) is 0 Å². The van der Waals surface area contributed by atoms with Crippen molar-refractivity contribution in [3.63, 3.8) is 0 Å². The molecule has 1 aromatic heterocycles. The van der Waals surface area contributed by atoms with Crippen LogP contribution in [0, 0.1) is 11.8 Å². The number of carbonyl (C=O) groups excluding carboxylic acids is 1. The molecule has 0 fully saturated rings. The van der Waals surface area contributed by atoms with Gasteiger partial charge in [-0.15, -0.1) is 0 Å². The molecule has 0 aliphatic rings. The van der Waals surface area contributed by atoms with Gasteiger partial charge in [-0.1, -0.05) is 80.9 Å². The number of H-pyrrole nitrogens is 1. The van der Waals surface area contributed by atoms with Gasteiger partial charge in [0.15, 0.2) is 0 Å². The summed E-state index contributed by atoms with van der Waals surface area (Å²) in [5.74, 6) is 6.12. The van der Waals surface area contributed by atoms with Gasteiger partial charge in [-0.2, -0.15) is 0 Å². The van der Waals surface area contributed by atoms with E-state index in [1.807, 2.05) is 24.4 Å². The molecular weight excluding hydrogens is 382 g/mol. The van der Waals surface area contributed by atoms with Crippen LogP contribution in [0.2, 0.25) is 0 Å². The van der Waals surface area contributed by atoms with E-state index < -0.39 is 0 Å². The molecule has 0 unspecified atom stereocenters. The Morgan fingerprint density at radius 1 is 1.03 bits per heavy atom. The molecule has 3 nitrogen and oxygen atoms in total. The van der Waals surface area contributed by atoms with Crippen molar-refractivity contribution in [3.8, 4) is 11.8 Å². The molecule has 0 saturated carbocycles. The van der Waals surface area contributed by atoms with E-state index in [-0.39, 0.29) is 5.97 Å². The summed E-state index contributed by atoms with van der Waals surface area (Å²) in [6, 6.07) is 8.21. The van der Waals surface area contributed by atoms with Crippen molar-refractivity contribution in [3.05, 3.63) is 60.3 Å². The van der Waals surface area contributed by atoms with E-state index in [4.69, 9.17) is 4.74 Å². The standard InChI is InChI=1S/C28H37NO2/c1-2-3-4-5-6-7-8-9-10-11-12-13-14-15-16-21-28(30)31-23-22-25-24-29-27-20-18-17-19-26(25)27/h4-5,9-10,17-20,24,29H,2-3,8,11-16,21-23H2,1H3. The highest BCUT2D eigenvalue weighted by Gasteiger charge is 2.06. The van der Waals surface area contributed by atoms with E-state index in [9.17, 15) is 4.79 Å². The predicted molar refractivity (Wildman–Crippen MR) is 131 cm³/mol. The van der Waals surface area contributed by atoms with E-state index in [1.54, 1.807) is 0 Å². The van der Waals surface area contributed by atoms with Gasteiger partial charge in [0.25, 0.3) is 0 Å². The average Bonchev–Trinajstić information content (AvgIpc) is 3.19. The van der Waals surface area contributed by atoms with Gasteiger partial charge in [-0.25, -0.2) is 0 Å². The zero-order valence-corrected chi connectivity index (χ0v) is 19.0. The molecule has 0 saturated heterocycles. The Kier molecular flexibility index (Phi) is 12.7. The highest BCUT2D eigenvalue weighted by Crippen LogP contribution is 2.18. The lowest BCUT2D eigenvalue weighted by molar-refractivity contribution is -0.143. The minimum atomic E-state index is -0.0755. The Labute approximate surface area is 188 Å². The number of esters is 1. The van der Waals surface area contributed by atoms with Gasteiger partial charge in [0.2, 0.25) is 0 Å². The van der Waals surface area contributed by atoms with E-state index in [1.165, 1.54) is 36.6 Å². The molecule has 31 heavy (non-hydrogen) atoms. The summed E-state index contributed by atoms with van der Waals surface area (Å²) in [7, 11) is 0. The molecule has 0 atom stereocenters. The number of carbonyl (C=O) groups is 1. The number of aromatic amines is 1. The maximum Gasteiger partial charge on any atom is 0.305 e. The number of unbranched alkanes of at least 4 members (excludes halogenated alkanes) is 6. The molecule has 1 aromatic carbocycles. The molecule has 166 valence electrons. The van der Waals surface area contributed by atoms with E-state index in [0.717, 1.165) is 44.0 Å². The van der Waals surface area contributed by atoms with Crippen LogP contribution in [0.15, 0.2) is 54.8 Å². The molecule has 0 aliphatic heterocycles. The van der Waals surface area contributed by atoms with E-state index >= 15 is 0 Å². The Balaban J connectivity index is 1.41. The van der Waals surface area contributed by atoms with Gasteiger partial charge in [0.05, 0.1) is 6.61 Å². The van der Waals surface area contributed by atoms with E-state index in [0.29, 0.717) is 13.0 Å². The first-order valence-corrected chi connectivity index (χ1v) is 11.8. The lowest BCUT2D eigenvalue weighted by Gasteiger charge is -2.05. The van der Waals surface area contributed by atoms with E-state index in [2.05, 4.69) is 54.1 Å². The number of aromatic nitrogens is 1. The zero-order chi connectivity index (χ0) is 22.0. The van der Waals surface area contributed by atoms with Crippen molar-refractivity contribution in [1.82, 2.24) is 4.98 Å². The van der Waals surface area contributed by atoms with Gasteiger partial charge in [0.1, 0.15) is 0 Å². The first-order chi connectivity index (χ1) is 15.3. The Morgan fingerprint density at radius 3 is 2.77 bits per heavy atom. The number of rotatable bonds is 14. The van der Waals surface area contributed by atoms with Crippen LogP contribution in [0.1, 0.15) is 76.7 Å². The van der Waals surface area contributed by atoms with Gasteiger partial charge >= 0.3 is 5.97 Å². The molecule has 0 bridgehead atoms. The second-order valence-corrected chi connectivity index (χ2v) is 7.82.